The van der Waals surface area contributed by atoms with E-state index in [2.05, 4.69) is 5.48 Å². The quantitative estimate of drug-likeness (QED) is 0.560. The molecule has 1 aromatic carbocycles. The first-order valence-corrected chi connectivity index (χ1v) is 4.90. The van der Waals surface area contributed by atoms with Gasteiger partial charge in [-0.05, 0) is 12.5 Å². The number of carbonyl (C=O) groups is 1. The lowest BCUT2D eigenvalue weighted by Crippen LogP contribution is -2.26. The minimum Gasteiger partial charge on any atom is -0.368 e. The first-order valence-electron chi connectivity index (χ1n) is 4.90. The summed E-state index contributed by atoms with van der Waals surface area (Å²) in [6, 6.07) is 5.84. The average molecular weight is 239 g/mol. The molecule has 0 heterocycles. The number of amides is 1. The van der Waals surface area contributed by atoms with Gasteiger partial charge in [-0.2, -0.15) is 5.48 Å². The normalized spacial score (nSPS) is 12.1. The molecule has 1 rings (SSSR count). The van der Waals surface area contributed by atoms with E-state index in [0.29, 0.717) is 0 Å². The molecule has 0 aliphatic rings. The van der Waals surface area contributed by atoms with Crippen molar-refractivity contribution in [1.29, 1.82) is 0 Å². The molecule has 1 aromatic rings. The van der Waals surface area contributed by atoms with Crippen molar-refractivity contribution >= 4 is 11.6 Å². The van der Waals surface area contributed by atoms with E-state index in [0.717, 1.165) is 5.56 Å². The molecular formula is C10H13N3O4. The van der Waals surface area contributed by atoms with E-state index in [1.165, 1.54) is 12.1 Å². The summed E-state index contributed by atoms with van der Waals surface area (Å²) in [6.07, 6.45) is 0. The molecule has 7 nitrogen and oxygen atoms in total. The molecule has 1 unspecified atom stereocenters. The zero-order valence-electron chi connectivity index (χ0n) is 9.25. The Kier molecular flexibility index (Phi) is 4.56. The highest BCUT2D eigenvalue weighted by atomic mass is 16.6. The number of non-ortho nitro benzene ring substituents is 1. The van der Waals surface area contributed by atoms with Gasteiger partial charge in [0.15, 0.2) is 0 Å². The molecule has 0 aliphatic heterocycles. The summed E-state index contributed by atoms with van der Waals surface area (Å²) in [4.78, 5) is 25.2. The molecule has 0 fully saturated rings. The van der Waals surface area contributed by atoms with Crippen molar-refractivity contribution in [3.63, 3.8) is 0 Å². The third-order valence-electron chi connectivity index (χ3n) is 2.08. The fourth-order valence-corrected chi connectivity index (χ4v) is 1.19. The first kappa shape index (κ1) is 13.1. The Morgan fingerprint density at radius 1 is 1.53 bits per heavy atom. The van der Waals surface area contributed by atoms with E-state index < -0.39 is 10.8 Å². The van der Waals surface area contributed by atoms with Gasteiger partial charge in [0.2, 0.25) is 5.91 Å². The van der Waals surface area contributed by atoms with Crippen LogP contribution in [0.5, 0.6) is 0 Å². The molecule has 0 bridgehead atoms. The van der Waals surface area contributed by atoms with E-state index in [9.17, 15) is 14.9 Å². The molecule has 3 N–H and O–H groups in total. The van der Waals surface area contributed by atoms with Crippen molar-refractivity contribution < 1.29 is 14.6 Å². The summed E-state index contributed by atoms with van der Waals surface area (Å²) in [5.74, 6) is -0.576. The molecular weight excluding hydrogens is 226 g/mol. The van der Waals surface area contributed by atoms with Crippen LogP contribution in [-0.4, -0.2) is 17.4 Å². The van der Waals surface area contributed by atoms with Crippen LogP contribution in [0.4, 0.5) is 5.69 Å². The van der Waals surface area contributed by atoms with Crippen molar-refractivity contribution in [2.75, 3.05) is 6.61 Å². The van der Waals surface area contributed by atoms with E-state index in [-0.39, 0.29) is 18.3 Å². The predicted molar refractivity (Wildman–Crippen MR) is 59.8 cm³/mol. The van der Waals surface area contributed by atoms with Crippen LogP contribution in [0.2, 0.25) is 0 Å². The van der Waals surface area contributed by atoms with Gasteiger partial charge in [0, 0.05) is 12.1 Å². The van der Waals surface area contributed by atoms with Gasteiger partial charge in [-0.15, -0.1) is 0 Å². The molecule has 0 spiro atoms. The van der Waals surface area contributed by atoms with Gasteiger partial charge in [0.05, 0.1) is 11.0 Å². The Morgan fingerprint density at radius 2 is 2.12 bits per heavy atom. The highest BCUT2D eigenvalue weighted by Gasteiger charge is 2.09. The Labute approximate surface area is 97.7 Å². The predicted octanol–water partition coefficient (Wildman–Crippen LogP) is 0.662. The number of nitrogens with two attached hydrogens (primary N) is 1. The highest BCUT2D eigenvalue weighted by Crippen LogP contribution is 2.17. The Morgan fingerprint density at radius 3 is 2.59 bits per heavy atom. The summed E-state index contributed by atoms with van der Waals surface area (Å²) in [5, 5.41) is 10.4. The van der Waals surface area contributed by atoms with Gasteiger partial charge in [-0.3, -0.25) is 19.7 Å². The van der Waals surface area contributed by atoms with Crippen LogP contribution >= 0.6 is 0 Å². The third-order valence-corrected chi connectivity index (χ3v) is 2.08. The molecule has 0 saturated heterocycles. The zero-order valence-corrected chi connectivity index (χ0v) is 9.25. The maximum absolute atomic E-state index is 10.4. The van der Waals surface area contributed by atoms with Crippen LogP contribution in [0.1, 0.15) is 18.5 Å². The summed E-state index contributed by atoms with van der Waals surface area (Å²) in [6.45, 7) is 1.57. The Balaban J connectivity index is 2.54. The Hall–Kier alpha value is -1.99. The summed E-state index contributed by atoms with van der Waals surface area (Å²) >= 11 is 0. The number of hydroxylamine groups is 1. The fourth-order valence-electron chi connectivity index (χ4n) is 1.19. The number of rotatable bonds is 6. The van der Waals surface area contributed by atoms with Crippen LogP contribution in [0.3, 0.4) is 0 Å². The van der Waals surface area contributed by atoms with E-state index in [1.54, 1.807) is 19.1 Å². The average Bonchev–Trinajstić information content (AvgIpc) is 2.28. The number of nitrogens with zero attached hydrogens (tertiary/aromatic N) is 1. The van der Waals surface area contributed by atoms with Gasteiger partial charge >= 0.3 is 0 Å². The van der Waals surface area contributed by atoms with Crippen molar-refractivity contribution in [2.45, 2.75) is 13.0 Å². The molecule has 92 valence electrons. The van der Waals surface area contributed by atoms with Crippen LogP contribution < -0.4 is 11.2 Å². The van der Waals surface area contributed by atoms with Crippen LogP contribution in [0, 0.1) is 10.1 Å². The minimum absolute atomic E-state index is 0.0269. The van der Waals surface area contributed by atoms with E-state index in [4.69, 9.17) is 10.6 Å². The third kappa shape index (κ3) is 4.17. The largest absolute Gasteiger partial charge is 0.368 e. The number of nitro groups is 1. The molecule has 0 aliphatic carbocycles. The van der Waals surface area contributed by atoms with Crippen LogP contribution in [0.25, 0.3) is 0 Å². The van der Waals surface area contributed by atoms with Crippen molar-refractivity contribution in [2.24, 2.45) is 5.73 Å². The SMILES string of the molecule is CC(NOCC(N)=O)c1ccc([N+](=O)[O-])cc1. The second-order valence-electron chi connectivity index (χ2n) is 3.44. The molecule has 0 saturated carbocycles. The van der Waals surface area contributed by atoms with Crippen molar-refractivity contribution in [3.05, 3.63) is 39.9 Å². The van der Waals surface area contributed by atoms with Gasteiger partial charge in [0.1, 0.15) is 6.61 Å². The van der Waals surface area contributed by atoms with Crippen LogP contribution in [0.15, 0.2) is 24.3 Å². The molecule has 0 radical (unpaired) electrons. The number of hydrogen-bond donors (Lipinski definition) is 2. The van der Waals surface area contributed by atoms with E-state index >= 15 is 0 Å². The number of nitrogens with one attached hydrogen (secondary N) is 1. The highest BCUT2D eigenvalue weighted by molar-refractivity contribution is 5.74. The zero-order chi connectivity index (χ0) is 12.8. The number of carbonyl (C=O) groups excluding carboxylic acids is 1. The lowest BCUT2D eigenvalue weighted by molar-refractivity contribution is -0.384. The monoisotopic (exact) mass is 239 g/mol. The second-order valence-corrected chi connectivity index (χ2v) is 3.44. The topological polar surface area (TPSA) is 107 Å². The van der Waals surface area contributed by atoms with Gasteiger partial charge in [0.25, 0.3) is 5.69 Å². The lowest BCUT2D eigenvalue weighted by Gasteiger charge is -2.12. The standard InChI is InChI=1S/C10H13N3O4/c1-7(12-17-6-10(11)14)8-2-4-9(5-3-8)13(15)16/h2-5,7,12H,6H2,1H3,(H2,11,14). The number of primary amides is 1. The molecule has 1 amide bonds. The second kappa shape index (κ2) is 5.92. The number of nitro benzene ring substituents is 1. The summed E-state index contributed by atoms with van der Waals surface area (Å²) < 4.78 is 0. The van der Waals surface area contributed by atoms with Crippen molar-refractivity contribution in [1.82, 2.24) is 5.48 Å². The minimum atomic E-state index is -0.576. The summed E-state index contributed by atoms with van der Waals surface area (Å²) in [7, 11) is 0. The van der Waals surface area contributed by atoms with Gasteiger partial charge in [-0.25, -0.2) is 0 Å². The van der Waals surface area contributed by atoms with Gasteiger partial charge < -0.3 is 5.73 Å². The maximum atomic E-state index is 10.4. The lowest BCUT2D eigenvalue weighted by atomic mass is 10.1. The van der Waals surface area contributed by atoms with E-state index in [1.807, 2.05) is 0 Å². The van der Waals surface area contributed by atoms with Crippen LogP contribution in [-0.2, 0) is 9.63 Å². The first-order chi connectivity index (χ1) is 8.00. The van der Waals surface area contributed by atoms with Gasteiger partial charge in [-0.1, -0.05) is 12.1 Å². The maximum Gasteiger partial charge on any atom is 0.269 e. The number of benzene rings is 1. The van der Waals surface area contributed by atoms with Crippen molar-refractivity contribution in [3.8, 4) is 0 Å². The Bertz CT molecular complexity index is 405. The molecule has 0 aromatic heterocycles. The molecule has 7 heteroatoms. The number of hydrogen-bond acceptors (Lipinski definition) is 5. The summed E-state index contributed by atoms with van der Waals surface area (Å²) in [5.41, 5.74) is 8.33. The molecule has 1 atom stereocenters. The molecule has 17 heavy (non-hydrogen) atoms. The smallest absolute Gasteiger partial charge is 0.269 e. The fraction of sp³-hybridized carbons (Fsp3) is 0.300.